The Balaban J connectivity index is 1.39. The van der Waals surface area contributed by atoms with Crippen LogP contribution in [-0.2, 0) is 11.2 Å². The predicted octanol–water partition coefficient (Wildman–Crippen LogP) is 8.60. The Bertz CT molecular complexity index is 1500. The molecule has 3 aliphatic carbocycles. The number of aromatic nitrogens is 1. The summed E-state index contributed by atoms with van der Waals surface area (Å²) in [4.78, 5) is 16.9. The summed E-state index contributed by atoms with van der Waals surface area (Å²) in [5.74, 6) is 0.274. The molecule has 9 N–H and O–H groups in total. The zero-order chi connectivity index (χ0) is 41.1. The lowest BCUT2D eigenvalue weighted by molar-refractivity contribution is -0.150. The van der Waals surface area contributed by atoms with Crippen LogP contribution in [0.4, 0.5) is 0 Å². The molecule has 4 aliphatic rings. The van der Waals surface area contributed by atoms with E-state index in [9.17, 15) is 30.3 Å². The highest BCUT2D eigenvalue weighted by Crippen LogP contribution is 2.54. The smallest absolute Gasteiger partial charge is 0.309 e. The number of aliphatic hydroxyl groups is 4. The van der Waals surface area contributed by atoms with Crippen molar-refractivity contribution in [3.8, 4) is 0 Å². The molecule has 57 heavy (non-hydrogen) atoms. The summed E-state index contributed by atoms with van der Waals surface area (Å²) in [5, 5.41) is 59.1. The van der Waals surface area contributed by atoms with E-state index >= 15 is 0 Å². The number of aliphatic hydroxyl groups excluding tert-OH is 3. The molecule has 5 rings (SSSR count). The van der Waals surface area contributed by atoms with Crippen LogP contribution >= 0.6 is 0 Å². The van der Waals surface area contributed by atoms with Crippen molar-refractivity contribution in [2.45, 2.75) is 179 Å². The first-order valence-electron chi connectivity index (χ1n) is 23.0. The number of carboxylic acids is 1. The number of dihydropyridines is 1. The number of unbranched alkanes of at least 4 members (excludes halogenated alkanes) is 3. The fraction of sp³-hybridized carbons (Fsp3) is 0.771. The number of rotatable bonds is 19. The number of nitrogens with two attached hydrogens (primary N) is 1. The molecule has 0 spiro atoms. The van der Waals surface area contributed by atoms with E-state index in [4.69, 9.17) is 5.73 Å². The standard InChI is InChI=1S/C48H79N3O6/c1-5-6-7-11-33-15-16-36(44(54)27-33)12-8-9-13-37-17-18-38(42-29-39(32(4)24-31(2)3)41(51-42)14-10-23-52)40-26-35(25-34-20-22-50-45(49)28-34)30-48(40,57)21-19-43(53)46(37)47(55)56/h15-16,20,28-29,31-33,35-38,40,43-44,46,50-54,57H,5-14,17-19,21-27,30,49H2,1-4H3,(H,55,56)/t32-,33-,35+,36-,37+,38-,40+,43+,44-,46+,48+/m1/s1. The molecular formula is C48H79N3O6. The fourth-order valence-electron chi connectivity index (χ4n) is 11.5. The third-order valence-electron chi connectivity index (χ3n) is 14.4. The van der Waals surface area contributed by atoms with E-state index in [2.05, 4.69) is 62.3 Å². The van der Waals surface area contributed by atoms with Crippen molar-refractivity contribution in [2.75, 3.05) is 13.2 Å². The minimum atomic E-state index is -1.04. The molecule has 1 aliphatic heterocycles. The lowest BCUT2D eigenvalue weighted by Crippen LogP contribution is -2.42. The second kappa shape index (κ2) is 21.6. The molecule has 0 unspecified atom stereocenters. The molecule has 9 nitrogen and oxygen atoms in total. The second-order valence-electron chi connectivity index (χ2n) is 19.3. The van der Waals surface area contributed by atoms with E-state index in [-0.39, 0.29) is 48.7 Å². The van der Waals surface area contributed by atoms with Gasteiger partial charge in [-0.2, -0.15) is 0 Å². The summed E-state index contributed by atoms with van der Waals surface area (Å²) < 4.78 is 0. The van der Waals surface area contributed by atoms with Crippen LogP contribution in [0.15, 0.2) is 41.8 Å². The van der Waals surface area contributed by atoms with Crippen molar-refractivity contribution in [3.63, 3.8) is 0 Å². The van der Waals surface area contributed by atoms with Gasteiger partial charge in [0.1, 0.15) is 0 Å². The molecule has 1 aromatic rings. The highest BCUT2D eigenvalue weighted by Gasteiger charge is 2.51. The van der Waals surface area contributed by atoms with Crippen molar-refractivity contribution in [3.05, 3.63) is 58.7 Å². The Hall–Kier alpha value is -2.59. The second-order valence-corrected chi connectivity index (χ2v) is 19.3. The Kier molecular flexibility index (Phi) is 17.2. The summed E-state index contributed by atoms with van der Waals surface area (Å²) in [5.41, 5.74) is 9.88. The first kappa shape index (κ1) is 45.5. The van der Waals surface area contributed by atoms with Gasteiger partial charge in [-0.3, -0.25) is 4.79 Å². The molecule has 2 saturated carbocycles. The maximum Gasteiger partial charge on any atom is 0.309 e. The Morgan fingerprint density at radius 1 is 0.982 bits per heavy atom. The fourth-order valence-corrected chi connectivity index (χ4v) is 11.5. The number of aromatic amines is 1. The number of fused-ring (bicyclic) bond motifs is 1. The van der Waals surface area contributed by atoms with Crippen molar-refractivity contribution < 1.29 is 30.3 Å². The molecule has 9 heteroatoms. The van der Waals surface area contributed by atoms with Crippen molar-refractivity contribution in [1.29, 1.82) is 0 Å². The summed E-state index contributed by atoms with van der Waals surface area (Å²) in [7, 11) is 0. The van der Waals surface area contributed by atoms with E-state index in [1.807, 2.05) is 6.08 Å². The zero-order valence-corrected chi connectivity index (χ0v) is 35.8. The first-order valence-corrected chi connectivity index (χ1v) is 23.0. The lowest BCUT2D eigenvalue weighted by atomic mass is 9.69. The molecule has 0 bridgehead atoms. The minimum Gasteiger partial charge on any atom is -0.481 e. The van der Waals surface area contributed by atoms with E-state index in [1.165, 1.54) is 36.1 Å². The van der Waals surface area contributed by atoms with Crippen LogP contribution in [0.5, 0.6) is 0 Å². The van der Waals surface area contributed by atoms with E-state index in [0.29, 0.717) is 62.2 Å². The normalized spacial score (nSPS) is 32.7. The van der Waals surface area contributed by atoms with Crippen LogP contribution in [-0.4, -0.2) is 67.4 Å². The van der Waals surface area contributed by atoms with Crippen LogP contribution in [0, 0.1) is 41.4 Å². The zero-order valence-electron chi connectivity index (χ0n) is 35.8. The quantitative estimate of drug-likeness (QED) is 0.0508. The number of carboxylic acid groups (broad SMARTS) is 1. The number of nitrogens with one attached hydrogen (secondary N) is 2. The number of hydrogen-bond donors (Lipinski definition) is 8. The minimum absolute atomic E-state index is 0.00419. The molecule has 2 fully saturated rings. The topological polar surface area (TPSA) is 172 Å². The van der Waals surface area contributed by atoms with Gasteiger partial charge in [-0.05, 0) is 149 Å². The third-order valence-corrected chi connectivity index (χ3v) is 14.4. The van der Waals surface area contributed by atoms with Crippen LogP contribution in [0.3, 0.4) is 0 Å². The number of aryl methyl sites for hydroxylation is 1. The summed E-state index contributed by atoms with van der Waals surface area (Å²) in [6, 6.07) is 2.35. The summed E-state index contributed by atoms with van der Waals surface area (Å²) >= 11 is 0. The number of allylic oxidation sites excluding steroid dienone is 3. The molecule has 1 aromatic heterocycles. The van der Waals surface area contributed by atoms with Crippen LogP contribution in [0.25, 0.3) is 0 Å². The number of carbonyl (C=O) groups is 1. The molecule has 11 atom stereocenters. The largest absolute Gasteiger partial charge is 0.481 e. The molecule has 0 amide bonds. The average Bonchev–Trinajstić information content (AvgIpc) is 3.72. The van der Waals surface area contributed by atoms with Crippen molar-refractivity contribution in [1.82, 2.24) is 10.3 Å². The maximum atomic E-state index is 13.0. The molecule has 2 heterocycles. The van der Waals surface area contributed by atoms with Crippen LogP contribution in [0.1, 0.15) is 172 Å². The highest BCUT2D eigenvalue weighted by atomic mass is 16.4. The average molecular weight is 794 g/mol. The first-order chi connectivity index (χ1) is 27.3. The molecule has 0 saturated heterocycles. The molecule has 0 aromatic carbocycles. The Labute approximate surface area is 344 Å². The van der Waals surface area contributed by atoms with Gasteiger partial charge < -0.3 is 41.6 Å². The van der Waals surface area contributed by atoms with E-state index in [0.717, 1.165) is 69.9 Å². The highest BCUT2D eigenvalue weighted by molar-refractivity contribution is 5.71. The van der Waals surface area contributed by atoms with Crippen molar-refractivity contribution >= 4 is 5.97 Å². The monoisotopic (exact) mass is 794 g/mol. The predicted molar refractivity (Wildman–Crippen MR) is 229 cm³/mol. The van der Waals surface area contributed by atoms with Crippen LogP contribution < -0.4 is 11.1 Å². The van der Waals surface area contributed by atoms with Gasteiger partial charge in [0.05, 0.1) is 29.5 Å². The van der Waals surface area contributed by atoms with E-state index < -0.39 is 23.6 Å². The van der Waals surface area contributed by atoms with Gasteiger partial charge in [-0.15, -0.1) is 0 Å². The maximum absolute atomic E-state index is 13.0. The van der Waals surface area contributed by atoms with Gasteiger partial charge in [0.2, 0.25) is 0 Å². The number of H-pyrrole nitrogens is 1. The third kappa shape index (κ3) is 12.5. The van der Waals surface area contributed by atoms with Gasteiger partial charge in [-0.1, -0.05) is 78.0 Å². The summed E-state index contributed by atoms with van der Waals surface area (Å²) in [6.07, 6.45) is 23.1. The molecular weight excluding hydrogens is 715 g/mol. The molecule has 0 radical (unpaired) electrons. The summed E-state index contributed by atoms with van der Waals surface area (Å²) in [6.45, 7) is 9.84. The van der Waals surface area contributed by atoms with E-state index in [1.54, 1.807) is 0 Å². The Morgan fingerprint density at radius 2 is 1.75 bits per heavy atom. The van der Waals surface area contributed by atoms with Crippen LogP contribution in [0.2, 0.25) is 0 Å². The van der Waals surface area contributed by atoms with Gasteiger partial charge in [-0.25, -0.2) is 0 Å². The van der Waals surface area contributed by atoms with Crippen molar-refractivity contribution in [2.24, 2.45) is 47.2 Å². The van der Waals surface area contributed by atoms with Gasteiger partial charge in [0, 0.05) is 36.4 Å². The SMILES string of the molecule is CCCCC[C@@H]1C=C[C@@H](CCCC[C@H]2CC[C@@H](c3cc([C@H](C)CC(C)C)c(CCCO)[nH]3)[C@@H]3C[C@H](CC4=CCNC(N)=C4)C[C@@]3(O)CC[C@H](O)[C@H]2C(=O)O)[C@H](O)C1. The lowest BCUT2D eigenvalue weighted by Gasteiger charge is -2.40. The van der Waals surface area contributed by atoms with Gasteiger partial charge in [0.15, 0.2) is 0 Å². The number of aliphatic carboxylic acids is 1. The molecule has 322 valence electrons. The number of hydrogen-bond acceptors (Lipinski definition) is 7. The van der Waals surface area contributed by atoms with Gasteiger partial charge >= 0.3 is 5.97 Å². The van der Waals surface area contributed by atoms with Gasteiger partial charge in [0.25, 0.3) is 0 Å². The Morgan fingerprint density at radius 3 is 2.46 bits per heavy atom.